The Morgan fingerprint density at radius 2 is 1.86 bits per heavy atom. The number of anilines is 1. The van der Waals surface area contributed by atoms with E-state index in [0.717, 1.165) is 32.4 Å². The lowest BCUT2D eigenvalue weighted by atomic mass is 10.1. The maximum absolute atomic E-state index is 13.7. The molecule has 1 heterocycles. The fraction of sp³-hybridized carbons (Fsp3) is 0.467. The molecule has 1 aromatic rings. The monoisotopic (exact) mass is 312 g/mol. The summed E-state index contributed by atoms with van der Waals surface area (Å²) >= 11 is 0. The molecule has 22 heavy (non-hydrogen) atoms. The molecule has 5 nitrogen and oxygen atoms in total. The molecule has 1 amide bonds. The van der Waals surface area contributed by atoms with Gasteiger partial charge >= 0.3 is 5.97 Å². The highest BCUT2D eigenvalue weighted by Gasteiger charge is 2.19. The molecule has 0 saturated carbocycles. The fourth-order valence-corrected chi connectivity index (χ4v) is 2.38. The number of nitrogens with one attached hydrogen (secondary N) is 1. The van der Waals surface area contributed by atoms with Crippen molar-refractivity contribution in [3.05, 3.63) is 29.3 Å². The van der Waals surface area contributed by atoms with Crippen LogP contribution in [0.15, 0.2) is 12.1 Å². The SMILES string of the molecule is COC(=O)c1cc(NCC(=O)N2CCCCC2)c(F)cc1F. The number of hydrogen-bond acceptors (Lipinski definition) is 4. The van der Waals surface area contributed by atoms with Crippen LogP contribution in [-0.4, -0.2) is 43.5 Å². The summed E-state index contributed by atoms with van der Waals surface area (Å²) in [4.78, 5) is 25.1. The number of carbonyl (C=O) groups excluding carboxylic acids is 2. The molecule has 1 saturated heterocycles. The second kappa shape index (κ2) is 7.20. The van der Waals surface area contributed by atoms with Gasteiger partial charge < -0.3 is 15.0 Å². The Kier molecular flexibility index (Phi) is 5.30. The van der Waals surface area contributed by atoms with Crippen molar-refractivity contribution in [1.82, 2.24) is 4.90 Å². The second-order valence-electron chi connectivity index (χ2n) is 5.10. The van der Waals surface area contributed by atoms with Crippen LogP contribution in [-0.2, 0) is 9.53 Å². The van der Waals surface area contributed by atoms with Gasteiger partial charge in [-0.1, -0.05) is 0 Å². The summed E-state index contributed by atoms with van der Waals surface area (Å²) in [7, 11) is 1.11. The van der Waals surface area contributed by atoms with E-state index in [1.807, 2.05) is 0 Å². The standard InChI is InChI=1S/C15H18F2N2O3/c1-22-15(21)10-7-13(12(17)8-11(10)16)18-9-14(20)19-5-3-2-4-6-19/h7-8,18H,2-6,9H2,1H3. The molecule has 1 fully saturated rings. The van der Waals surface area contributed by atoms with E-state index in [1.54, 1.807) is 4.90 Å². The van der Waals surface area contributed by atoms with E-state index in [4.69, 9.17) is 0 Å². The van der Waals surface area contributed by atoms with Crippen LogP contribution in [0, 0.1) is 11.6 Å². The van der Waals surface area contributed by atoms with Gasteiger partial charge in [0.2, 0.25) is 5.91 Å². The number of halogens is 2. The third-order valence-electron chi connectivity index (χ3n) is 3.60. The van der Waals surface area contributed by atoms with Crippen LogP contribution >= 0.6 is 0 Å². The molecule has 0 aliphatic carbocycles. The summed E-state index contributed by atoms with van der Waals surface area (Å²) in [6.45, 7) is 1.28. The zero-order valence-electron chi connectivity index (χ0n) is 12.3. The summed E-state index contributed by atoms with van der Waals surface area (Å²) in [6, 6.07) is 1.61. The predicted octanol–water partition coefficient (Wildman–Crippen LogP) is 2.18. The molecule has 0 atom stereocenters. The number of methoxy groups -OCH3 is 1. The van der Waals surface area contributed by atoms with Crippen LogP contribution < -0.4 is 5.32 Å². The average Bonchev–Trinajstić information content (AvgIpc) is 2.54. The summed E-state index contributed by atoms with van der Waals surface area (Å²) < 4.78 is 31.7. The first-order valence-corrected chi connectivity index (χ1v) is 7.12. The van der Waals surface area contributed by atoms with Gasteiger partial charge in [-0.25, -0.2) is 13.6 Å². The first kappa shape index (κ1) is 16.2. The molecule has 1 aliphatic heterocycles. The highest BCUT2D eigenvalue weighted by molar-refractivity contribution is 5.91. The number of esters is 1. The topological polar surface area (TPSA) is 58.6 Å². The molecule has 0 unspecified atom stereocenters. The van der Waals surface area contributed by atoms with E-state index in [0.29, 0.717) is 19.2 Å². The predicted molar refractivity (Wildman–Crippen MR) is 76.6 cm³/mol. The Balaban J connectivity index is 2.05. The second-order valence-corrected chi connectivity index (χ2v) is 5.10. The molecule has 1 aliphatic rings. The molecule has 120 valence electrons. The minimum absolute atomic E-state index is 0.104. The molecular weight excluding hydrogens is 294 g/mol. The van der Waals surface area contributed by atoms with E-state index < -0.39 is 17.6 Å². The summed E-state index contributed by atoms with van der Waals surface area (Å²) in [5.74, 6) is -2.92. The van der Waals surface area contributed by atoms with Crippen molar-refractivity contribution >= 4 is 17.6 Å². The first-order chi connectivity index (χ1) is 10.5. The Hall–Kier alpha value is -2.18. The number of benzene rings is 1. The number of hydrogen-bond donors (Lipinski definition) is 1. The minimum atomic E-state index is -1.00. The smallest absolute Gasteiger partial charge is 0.340 e. The molecule has 0 aromatic heterocycles. The number of nitrogens with zero attached hydrogens (tertiary/aromatic N) is 1. The molecule has 0 radical (unpaired) electrons. The summed E-state index contributed by atoms with van der Waals surface area (Å²) in [5.41, 5.74) is -0.482. The van der Waals surface area contributed by atoms with Crippen LogP contribution in [0.5, 0.6) is 0 Å². The van der Waals surface area contributed by atoms with Crippen molar-refractivity contribution in [1.29, 1.82) is 0 Å². The summed E-state index contributed by atoms with van der Waals surface area (Å²) in [5, 5.41) is 2.62. The van der Waals surface area contributed by atoms with Gasteiger partial charge in [0.25, 0.3) is 0 Å². The van der Waals surface area contributed by atoms with E-state index in [9.17, 15) is 18.4 Å². The largest absolute Gasteiger partial charge is 0.465 e. The van der Waals surface area contributed by atoms with Crippen molar-refractivity contribution in [3.8, 4) is 0 Å². The zero-order chi connectivity index (χ0) is 16.1. The van der Waals surface area contributed by atoms with Crippen LogP contribution in [0.25, 0.3) is 0 Å². The molecule has 1 N–H and O–H groups in total. The lowest BCUT2D eigenvalue weighted by Gasteiger charge is -2.27. The van der Waals surface area contributed by atoms with Gasteiger partial charge in [0.1, 0.15) is 11.6 Å². The number of amides is 1. The molecule has 0 spiro atoms. The normalized spacial score (nSPS) is 14.6. The molecule has 1 aromatic carbocycles. The van der Waals surface area contributed by atoms with Crippen LogP contribution in [0.1, 0.15) is 29.6 Å². The van der Waals surface area contributed by atoms with Gasteiger partial charge in [-0.3, -0.25) is 4.79 Å². The van der Waals surface area contributed by atoms with E-state index in [-0.39, 0.29) is 23.7 Å². The van der Waals surface area contributed by atoms with Gasteiger partial charge in [-0.05, 0) is 25.3 Å². The van der Waals surface area contributed by atoms with Crippen LogP contribution in [0.3, 0.4) is 0 Å². The van der Waals surface area contributed by atoms with E-state index in [2.05, 4.69) is 10.1 Å². The highest BCUT2D eigenvalue weighted by atomic mass is 19.1. The molecular formula is C15H18F2N2O3. The Labute approximate surface area is 127 Å². The van der Waals surface area contributed by atoms with Crippen LogP contribution in [0.4, 0.5) is 14.5 Å². The first-order valence-electron chi connectivity index (χ1n) is 7.12. The Morgan fingerprint density at radius 1 is 1.18 bits per heavy atom. The number of rotatable bonds is 4. The fourth-order valence-electron chi connectivity index (χ4n) is 2.38. The van der Waals surface area contributed by atoms with Crippen molar-refractivity contribution in [3.63, 3.8) is 0 Å². The van der Waals surface area contributed by atoms with Gasteiger partial charge in [0.15, 0.2) is 0 Å². The number of piperidine rings is 1. The number of likely N-dealkylation sites (tertiary alicyclic amines) is 1. The Morgan fingerprint density at radius 3 is 2.50 bits per heavy atom. The van der Waals surface area contributed by atoms with Crippen molar-refractivity contribution in [2.45, 2.75) is 19.3 Å². The van der Waals surface area contributed by atoms with Gasteiger partial charge in [-0.15, -0.1) is 0 Å². The summed E-state index contributed by atoms with van der Waals surface area (Å²) in [6.07, 6.45) is 3.03. The maximum atomic E-state index is 13.7. The quantitative estimate of drug-likeness (QED) is 0.866. The Bertz CT molecular complexity index is 572. The lowest BCUT2D eigenvalue weighted by molar-refractivity contribution is -0.130. The average molecular weight is 312 g/mol. The third kappa shape index (κ3) is 3.72. The maximum Gasteiger partial charge on any atom is 0.340 e. The van der Waals surface area contributed by atoms with E-state index in [1.165, 1.54) is 0 Å². The molecule has 7 heteroatoms. The third-order valence-corrected chi connectivity index (χ3v) is 3.60. The highest BCUT2D eigenvalue weighted by Crippen LogP contribution is 2.20. The number of ether oxygens (including phenoxy) is 1. The zero-order valence-corrected chi connectivity index (χ0v) is 12.3. The number of carbonyl (C=O) groups is 2. The van der Waals surface area contributed by atoms with Crippen molar-refractivity contribution in [2.24, 2.45) is 0 Å². The molecule has 0 bridgehead atoms. The minimum Gasteiger partial charge on any atom is -0.465 e. The lowest BCUT2D eigenvalue weighted by Crippen LogP contribution is -2.39. The van der Waals surface area contributed by atoms with Crippen molar-refractivity contribution < 1.29 is 23.1 Å². The molecule has 2 rings (SSSR count). The van der Waals surface area contributed by atoms with Gasteiger partial charge in [0.05, 0.1) is 24.9 Å². The van der Waals surface area contributed by atoms with E-state index >= 15 is 0 Å². The van der Waals surface area contributed by atoms with Gasteiger partial charge in [-0.2, -0.15) is 0 Å². The van der Waals surface area contributed by atoms with Gasteiger partial charge in [0, 0.05) is 19.2 Å². The van der Waals surface area contributed by atoms with Crippen LogP contribution in [0.2, 0.25) is 0 Å². The van der Waals surface area contributed by atoms with Crippen molar-refractivity contribution in [2.75, 3.05) is 32.1 Å².